The highest BCUT2D eigenvalue weighted by atomic mass is 35.7. The Kier molecular flexibility index (Phi) is 3.12. The van der Waals surface area contributed by atoms with Gasteiger partial charge in [0.1, 0.15) is 0 Å². The van der Waals surface area contributed by atoms with E-state index in [1.165, 1.54) is 6.08 Å². The molecule has 0 aromatic heterocycles. The van der Waals surface area contributed by atoms with Gasteiger partial charge in [-0.15, -0.1) is 0 Å². The van der Waals surface area contributed by atoms with Crippen molar-refractivity contribution in [3.8, 4) is 0 Å². The van der Waals surface area contributed by atoms with Crippen LogP contribution in [0.2, 0.25) is 0 Å². The molecule has 0 N–H and O–H groups in total. The van der Waals surface area contributed by atoms with Crippen LogP contribution in [0.4, 0.5) is 0 Å². The van der Waals surface area contributed by atoms with E-state index in [2.05, 4.69) is 0 Å². The van der Waals surface area contributed by atoms with Crippen molar-refractivity contribution in [3.05, 3.63) is 46.9 Å². The number of allylic oxidation sites excluding steroid dienone is 7. The summed E-state index contributed by atoms with van der Waals surface area (Å²) in [6.45, 7) is 1.70. The van der Waals surface area contributed by atoms with Gasteiger partial charge in [-0.2, -0.15) is 0 Å². The lowest BCUT2D eigenvalue weighted by atomic mass is 10.2. The first kappa shape index (κ1) is 10.3. The fourth-order valence-corrected chi connectivity index (χ4v) is 2.17. The molecule has 0 spiro atoms. The summed E-state index contributed by atoms with van der Waals surface area (Å²) in [5.41, 5.74) is 0.635. The Hall–Kier alpha value is -0.800. The van der Waals surface area contributed by atoms with Gasteiger partial charge in [-0.3, -0.25) is 0 Å². The average molecular weight is 217 g/mol. The van der Waals surface area contributed by atoms with E-state index in [4.69, 9.17) is 10.7 Å². The standard InChI is InChI=1S/C9H9ClO2S/c1-8-6-4-2-3-5-7-9(8)13(10,11)12/h2-7H,1H3. The van der Waals surface area contributed by atoms with Gasteiger partial charge in [0, 0.05) is 10.7 Å². The Morgan fingerprint density at radius 3 is 2.15 bits per heavy atom. The SMILES string of the molecule is CC1=CC=CC=CC=C1S(=O)(=O)Cl. The molecule has 0 aromatic rings. The summed E-state index contributed by atoms with van der Waals surface area (Å²) in [5, 5.41) is 0. The van der Waals surface area contributed by atoms with Crippen LogP contribution in [-0.2, 0) is 9.05 Å². The summed E-state index contributed by atoms with van der Waals surface area (Å²) in [5.74, 6) is 0. The van der Waals surface area contributed by atoms with Crippen LogP contribution in [0.5, 0.6) is 0 Å². The summed E-state index contributed by atoms with van der Waals surface area (Å²) in [6.07, 6.45) is 10.2. The van der Waals surface area contributed by atoms with Crippen LogP contribution in [0.25, 0.3) is 0 Å². The fourth-order valence-electron chi connectivity index (χ4n) is 0.958. The molecular formula is C9H9ClO2S. The molecule has 1 rings (SSSR count). The lowest BCUT2D eigenvalue weighted by Crippen LogP contribution is -1.96. The molecule has 0 aliphatic heterocycles. The largest absolute Gasteiger partial charge is 0.261 e. The molecule has 0 saturated heterocycles. The van der Waals surface area contributed by atoms with Crippen LogP contribution in [0.3, 0.4) is 0 Å². The third-order valence-corrected chi connectivity index (χ3v) is 3.06. The van der Waals surface area contributed by atoms with Crippen molar-refractivity contribution in [1.82, 2.24) is 0 Å². The second-order valence-corrected chi connectivity index (χ2v) is 5.12. The van der Waals surface area contributed by atoms with Crippen molar-refractivity contribution >= 4 is 19.7 Å². The van der Waals surface area contributed by atoms with Gasteiger partial charge in [-0.1, -0.05) is 30.4 Å². The molecule has 0 fully saturated rings. The van der Waals surface area contributed by atoms with Crippen LogP contribution < -0.4 is 0 Å². The van der Waals surface area contributed by atoms with Gasteiger partial charge >= 0.3 is 0 Å². The molecule has 0 radical (unpaired) electrons. The Bertz CT molecular complexity index is 411. The molecule has 0 unspecified atom stereocenters. The van der Waals surface area contributed by atoms with Gasteiger partial charge in [-0.05, 0) is 18.6 Å². The van der Waals surface area contributed by atoms with Crippen molar-refractivity contribution < 1.29 is 8.42 Å². The molecule has 0 bridgehead atoms. The molecule has 2 nitrogen and oxygen atoms in total. The predicted molar refractivity (Wildman–Crippen MR) is 54.9 cm³/mol. The summed E-state index contributed by atoms with van der Waals surface area (Å²) >= 11 is 0. The van der Waals surface area contributed by atoms with E-state index in [0.717, 1.165) is 0 Å². The lowest BCUT2D eigenvalue weighted by molar-refractivity contribution is 0.615. The minimum Gasteiger partial charge on any atom is -0.207 e. The number of hydrogen-bond acceptors (Lipinski definition) is 2. The van der Waals surface area contributed by atoms with Crippen LogP contribution in [-0.4, -0.2) is 8.42 Å². The van der Waals surface area contributed by atoms with E-state index in [1.54, 1.807) is 31.2 Å². The van der Waals surface area contributed by atoms with Crippen LogP contribution >= 0.6 is 10.7 Å². The van der Waals surface area contributed by atoms with Gasteiger partial charge in [0.15, 0.2) is 0 Å². The Morgan fingerprint density at radius 2 is 1.62 bits per heavy atom. The highest BCUT2D eigenvalue weighted by molar-refractivity contribution is 8.17. The normalized spacial score (nSPS) is 17.4. The van der Waals surface area contributed by atoms with Crippen molar-refractivity contribution in [2.45, 2.75) is 6.92 Å². The van der Waals surface area contributed by atoms with Crippen molar-refractivity contribution in [2.24, 2.45) is 0 Å². The Morgan fingerprint density at radius 1 is 1.08 bits per heavy atom. The Labute approximate surface area is 82.3 Å². The first-order valence-corrected chi connectivity index (χ1v) is 6.00. The highest BCUT2D eigenvalue weighted by Crippen LogP contribution is 2.21. The minimum absolute atomic E-state index is 0.148. The fraction of sp³-hybridized carbons (Fsp3) is 0.111. The smallest absolute Gasteiger partial charge is 0.207 e. The molecule has 1 aliphatic carbocycles. The van der Waals surface area contributed by atoms with Crippen LogP contribution in [0.15, 0.2) is 46.9 Å². The van der Waals surface area contributed by atoms with E-state index in [1.807, 2.05) is 6.08 Å². The molecule has 0 amide bonds. The lowest BCUT2D eigenvalue weighted by Gasteiger charge is -2.02. The first-order valence-electron chi connectivity index (χ1n) is 3.69. The number of hydrogen-bond donors (Lipinski definition) is 0. The maximum atomic E-state index is 11.1. The number of rotatable bonds is 1. The van der Waals surface area contributed by atoms with E-state index >= 15 is 0 Å². The van der Waals surface area contributed by atoms with Crippen LogP contribution in [0, 0.1) is 0 Å². The minimum atomic E-state index is -3.63. The topological polar surface area (TPSA) is 34.1 Å². The molecule has 0 aromatic carbocycles. The van der Waals surface area contributed by atoms with E-state index in [0.29, 0.717) is 5.57 Å². The molecule has 70 valence electrons. The summed E-state index contributed by atoms with van der Waals surface area (Å²) < 4.78 is 22.1. The van der Waals surface area contributed by atoms with Gasteiger partial charge in [0.25, 0.3) is 9.05 Å². The first-order chi connectivity index (χ1) is 6.02. The van der Waals surface area contributed by atoms with Crippen molar-refractivity contribution in [3.63, 3.8) is 0 Å². The molecule has 1 aliphatic rings. The zero-order chi connectivity index (χ0) is 9.90. The summed E-state index contributed by atoms with van der Waals surface area (Å²) in [6, 6.07) is 0. The van der Waals surface area contributed by atoms with Gasteiger partial charge in [0.2, 0.25) is 0 Å². The third-order valence-electron chi connectivity index (χ3n) is 1.58. The highest BCUT2D eigenvalue weighted by Gasteiger charge is 2.14. The molecular weight excluding hydrogens is 208 g/mol. The molecule has 0 heterocycles. The summed E-state index contributed by atoms with van der Waals surface area (Å²) in [7, 11) is 1.60. The second-order valence-electron chi connectivity index (χ2n) is 2.59. The number of halogens is 1. The monoisotopic (exact) mass is 216 g/mol. The van der Waals surface area contributed by atoms with E-state index in [-0.39, 0.29) is 4.91 Å². The molecule has 13 heavy (non-hydrogen) atoms. The third kappa shape index (κ3) is 2.86. The summed E-state index contributed by atoms with van der Waals surface area (Å²) in [4.78, 5) is 0.148. The maximum absolute atomic E-state index is 11.1. The van der Waals surface area contributed by atoms with Gasteiger partial charge in [0.05, 0.1) is 4.91 Å². The zero-order valence-corrected chi connectivity index (χ0v) is 8.64. The predicted octanol–water partition coefficient (Wildman–Crippen LogP) is 2.51. The Balaban J connectivity index is 3.22. The van der Waals surface area contributed by atoms with Crippen molar-refractivity contribution in [1.29, 1.82) is 0 Å². The maximum Gasteiger partial charge on any atom is 0.261 e. The van der Waals surface area contributed by atoms with Crippen LogP contribution in [0.1, 0.15) is 6.92 Å². The van der Waals surface area contributed by atoms with E-state index < -0.39 is 9.05 Å². The molecule has 0 atom stereocenters. The quantitative estimate of drug-likeness (QED) is 0.632. The van der Waals surface area contributed by atoms with Gasteiger partial charge < -0.3 is 0 Å². The second kappa shape index (κ2) is 3.94. The average Bonchev–Trinajstić information content (AvgIpc) is 1.94. The molecule has 4 heteroatoms. The zero-order valence-electron chi connectivity index (χ0n) is 7.07. The molecule has 0 saturated carbocycles. The van der Waals surface area contributed by atoms with Gasteiger partial charge in [-0.25, -0.2) is 8.42 Å². The van der Waals surface area contributed by atoms with Crippen molar-refractivity contribution in [2.75, 3.05) is 0 Å². The van der Waals surface area contributed by atoms with E-state index in [9.17, 15) is 8.42 Å².